The van der Waals surface area contributed by atoms with Crippen molar-refractivity contribution in [2.24, 2.45) is 0 Å². The Labute approximate surface area is 170 Å². The van der Waals surface area contributed by atoms with Gasteiger partial charge in [0.15, 0.2) is 5.78 Å². The zero-order valence-electron chi connectivity index (χ0n) is 17.5. The van der Waals surface area contributed by atoms with Gasteiger partial charge in [0.05, 0.1) is 17.3 Å². The van der Waals surface area contributed by atoms with Crippen LogP contribution < -0.4 is 5.32 Å². The molecule has 1 atom stereocenters. The van der Waals surface area contributed by atoms with E-state index in [4.69, 9.17) is 5.10 Å². The van der Waals surface area contributed by atoms with Crippen LogP contribution in [0.5, 0.6) is 0 Å². The molecule has 1 aliphatic rings. The van der Waals surface area contributed by atoms with Crippen LogP contribution in [0.25, 0.3) is 5.69 Å². The molecule has 0 spiro atoms. The number of hydrogen-bond donors (Lipinski definition) is 1. The largest absolute Gasteiger partial charge is 0.310 e. The normalized spacial score (nSPS) is 15.8. The van der Waals surface area contributed by atoms with Crippen LogP contribution in [0.4, 0.5) is 5.82 Å². The summed E-state index contributed by atoms with van der Waals surface area (Å²) in [4.78, 5) is 25.9. The van der Waals surface area contributed by atoms with Gasteiger partial charge in [-0.05, 0) is 69.0 Å². The molecule has 0 unspecified atom stereocenters. The van der Waals surface area contributed by atoms with E-state index in [0.717, 1.165) is 39.2 Å². The van der Waals surface area contributed by atoms with Crippen molar-refractivity contribution in [1.82, 2.24) is 9.78 Å². The van der Waals surface area contributed by atoms with E-state index in [1.807, 2.05) is 71.0 Å². The third-order valence-corrected chi connectivity index (χ3v) is 6.01. The highest BCUT2D eigenvalue weighted by Gasteiger charge is 2.36. The first-order chi connectivity index (χ1) is 13.8. The van der Waals surface area contributed by atoms with E-state index in [1.54, 1.807) is 4.68 Å². The molecule has 0 radical (unpaired) electrons. The average molecular weight is 387 g/mol. The Balaban J connectivity index is 1.85. The van der Waals surface area contributed by atoms with Crippen molar-refractivity contribution < 1.29 is 9.59 Å². The summed E-state index contributed by atoms with van der Waals surface area (Å²) < 4.78 is 1.77. The Morgan fingerprint density at radius 1 is 1.03 bits per heavy atom. The lowest BCUT2D eigenvalue weighted by Gasteiger charge is -2.24. The number of Topliss-reactive ketones (excluding diaryl/α,β-unsaturated/α-hetero) is 1. The molecular formula is C24H25N3O2. The molecular weight excluding hydrogens is 362 g/mol. The number of rotatable bonds is 3. The van der Waals surface area contributed by atoms with E-state index >= 15 is 0 Å². The van der Waals surface area contributed by atoms with Crippen molar-refractivity contribution in [2.45, 2.75) is 47.0 Å². The molecule has 4 rings (SSSR count). The highest BCUT2D eigenvalue weighted by Crippen LogP contribution is 2.39. The molecule has 1 aromatic heterocycles. The fourth-order valence-electron chi connectivity index (χ4n) is 4.01. The number of ketones is 1. The lowest BCUT2D eigenvalue weighted by molar-refractivity contribution is -0.116. The van der Waals surface area contributed by atoms with Crippen LogP contribution >= 0.6 is 0 Å². The number of anilines is 1. The molecule has 1 N–H and O–H groups in total. The first-order valence-electron chi connectivity index (χ1n) is 9.85. The quantitative estimate of drug-likeness (QED) is 0.661. The number of amides is 1. The van der Waals surface area contributed by atoms with Gasteiger partial charge in [-0.2, -0.15) is 5.10 Å². The monoisotopic (exact) mass is 387 g/mol. The van der Waals surface area contributed by atoms with Crippen molar-refractivity contribution in [3.63, 3.8) is 0 Å². The second-order valence-corrected chi connectivity index (χ2v) is 7.95. The van der Waals surface area contributed by atoms with E-state index < -0.39 is 5.92 Å². The van der Waals surface area contributed by atoms with Crippen LogP contribution in [0.2, 0.25) is 0 Å². The van der Waals surface area contributed by atoms with E-state index in [0.29, 0.717) is 11.4 Å². The number of aryl methyl sites for hydroxylation is 4. The number of carbonyl (C=O) groups is 2. The Hall–Kier alpha value is -3.21. The molecule has 2 heterocycles. The van der Waals surface area contributed by atoms with E-state index in [9.17, 15) is 9.59 Å². The topological polar surface area (TPSA) is 64.0 Å². The third kappa shape index (κ3) is 3.16. The van der Waals surface area contributed by atoms with Crippen LogP contribution in [0.1, 0.15) is 56.2 Å². The zero-order valence-corrected chi connectivity index (χ0v) is 17.5. The number of carbonyl (C=O) groups excluding carboxylic acids is 2. The second kappa shape index (κ2) is 6.99. The minimum atomic E-state index is -0.528. The van der Waals surface area contributed by atoms with Crippen molar-refractivity contribution in [3.05, 3.63) is 75.5 Å². The molecule has 0 bridgehead atoms. The summed E-state index contributed by atoms with van der Waals surface area (Å²) in [5.74, 6) is -0.117. The molecule has 5 nitrogen and oxygen atoms in total. The van der Waals surface area contributed by atoms with Crippen molar-refractivity contribution in [1.29, 1.82) is 0 Å². The Morgan fingerprint density at radius 3 is 2.52 bits per heavy atom. The van der Waals surface area contributed by atoms with Gasteiger partial charge in [-0.15, -0.1) is 0 Å². The standard InChI is InChI=1S/C24H25N3O2/c1-13-9-10-18(11-15(13)3)23(29)19-12-21(28)25-24-22(19)17(5)26-27(24)20-8-6-7-14(2)16(20)4/h6-11,19H,12H2,1-5H3,(H,25,28)/t19-/m0/s1. The Morgan fingerprint density at radius 2 is 1.79 bits per heavy atom. The highest BCUT2D eigenvalue weighted by atomic mass is 16.2. The first-order valence-corrected chi connectivity index (χ1v) is 9.85. The molecule has 1 amide bonds. The van der Waals surface area contributed by atoms with E-state index in [1.165, 1.54) is 0 Å². The summed E-state index contributed by atoms with van der Waals surface area (Å²) in [6.07, 6.45) is 0.137. The second-order valence-electron chi connectivity index (χ2n) is 7.95. The molecule has 1 aliphatic heterocycles. The summed E-state index contributed by atoms with van der Waals surface area (Å²) in [6, 6.07) is 11.7. The van der Waals surface area contributed by atoms with Crippen LogP contribution in [-0.4, -0.2) is 21.5 Å². The van der Waals surface area contributed by atoms with E-state index in [2.05, 4.69) is 5.32 Å². The minimum Gasteiger partial charge on any atom is -0.310 e. The van der Waals surface area contributed by atoms with Crippen molar-refractivity contribution in [2.75, 3.05) is 5.32 Å². The first kappa shape index (κ1) is 19.1. The minimum absolute atomic E-state index is 0.0344. The molecule has 5 heteroatoms. The lowest BCUT2D eigenvalue weighted by atomic mass is 9.85. The molecule has 0 saturated heterocycles. The smallest absolute Gasteiger partial charge is 0.226 e. The molecule has 0 fully saturated rings. The summed E-state index contributed by atoms with van der Waals surface area (Å²) in [5, 5.41) is 7.67. The van der Waals surface area contributed by atoms with Crippen LogP contribution in [0.3, 0.4) is 0 Å². The fraction of sp³-hybridized carbons (Fsp3) is 0.292. The van der Waals surface area contributed by atoms with Crippen LogP contribution in [0, 0.1) is 34.6 Å². The number of fused-ring (bicyclic) bond motifs is 1. The SMILES string of the molecule is Cc1ccc(C(=O)[C@H]2CC(=O)Nc3c2c(C)nn3-c2cccc(C)c2C)cc1C. The average Bonchev–Trinajstić information content (AvgIpc) is 3.01. The fourth-order valence-corrected chi connectivity index (χ4v) is 4.01. The highest BCUT2D eigenvalue weighted by molar-refractivity contribution is 6.08. The third-order valence-electron chi connectivity index (χ3n) is 6.01. The maximum Gasteiger partial charge on any atom is 0.226 e. The molecule has 29 heavy (non-hydrogen) atoms. The van der Waals surface area contributed by atoms with Crippen molar-refractivity contribution in [3.8, 4) is 5.69 Å². The molecule has 0 saturated carbocycles. The van der Waals surface area contributed by atoms with Gasteiger partial charge < -0.3 is 5.32 Å². The number of benzene rings is 2. The van der Waals surface area contributed by atoms with Gasteiger partial charge in [-0.3, -0.25) is 9.59 Å². The number of aromatic nitrogens is 2. The molecule has 3 aromatic rings. The number of nitrogens with zero attached hydrogens (tertiary/aromatic N) is 2. The van der Waals surface area contributed by atoms with Gasteiger partial charge in [0.25, 0.3) is 0 Å². The van der Waals surface area contributed by atoms with Crippen molar-refractivity contribution >= 4 is 17.5 Å². The Bertz CT molecular complexity index is 1160. The number of hydrogen-bond acceptors (Lipinski definition) is 3. The summed E-state index contributed by atoms with van der Waals surface area (Å²) in [7, 11) is 0. The van der Waals surface area contributed by atoms with Gasteiger partial charge in [0.2, 0.25) is 5.91 Å². The maximum atomic E-state index is 13.4. The zero-order chi connectivity index (χ0) is 20.9. The summed E-state index contributed by atoms with van der Waals surface area (Å²) in [6.45, 7) is 10.0. The lowest BCUT2D eigenvalue weighted by Crippen LogP contribution is -2.28. The molecule has 148 valence electrons. The Kier molecular flexibility index (Phi) is 4.61. The van der Waals surface area contributed by atoms with Gasteiger partial charge in [0, 0.05) is 17.5 Å². The number of nitrogens with one attached hydrogen (secondary N) is 1. The van der Waals surface area contributed by atoms with Gasteiger partial charge in [0.1, 0.15) is 5.82 Å². The predicted octanol–water partition coefficient (Wildman–Crippen LogP) is 4.72. The van der Waals surface area contributed by atoms with Gasteiger partial charge in [-0.25, -0.2) is 4.68 Å². The van der Waals surface area contributed by atoms with Gasteiger partial charge >= 0.3 is 0 Å². The molecule has 2 aromatic carbocycles. The summed E-state index contributed by atoms with van der Waals surface area (Å²) in [5.41, 5.74) is 7.58. The van der Waals surface area contributed by atoms with E-state index in [-0.39, 0.29) is 18.1 Å². The predicted molar refractivity (Wildman–Crippen MR) is 114 cm³/mol. The maximum absolute atomic E-state index is 13.4. The van der Waals surface area contributed by atoms with Crippen LogP contribution in [0.15, 0.2) is 36.4 Å². The van der Waals surface area contributed by atoms with Crippen LogP contribution in [-0.2, 0) is 4.79 Å². The van der Waals surface area contributed by atoms with Gasteiger partial charge in [-0.1, -0.05) is 24.3 Å². The summed E-state index contributed by atoms with van der Waals surface area (Å²) >= 11 is 0. The molecule has 0 aliphatic carbocycles.